The Morgan fingerprint density at radius 1 is 1.67 bits per heavy atom. The van der Waals surface area contributed by atoms with Gasteiger partial charge in [-0.15, -0.1) is 0 Å². The van der Waals surface area contributed by atoms with E-state index in [0.717, 1.165) is 38.4 Å². The zero-order chi connectivity index (χ0) is 8.81. The van der Waals surface area contributed by atoms with Crippen LogP contribution in [0, 0.1) is 0 Å². The number of unbranched alkanes of at least 4 members (excludes halogenated alkanes) is 1. The molecule has 0 spiro atoms. The second-order valence-electron chi connectivity index (χ2n) is 3.34. The highest BCUT2D eigenvalue weighted by Crippen LogP contribution is 2.21. The van der Waals surface area contributed by atoms with Crippen molar-refractivity contribution in [3.63, 3.8) is 0 Å². The summed E-state index contributed by atoms with van der Waals surface area (Å²) in [5.74, 6) is 0. The van der Waals surface area contributed by atoms with E-state index in [4.69, 9.17) is 0 Å². The van der Waals surface area contributed by atoms with E-state index in [1.165, 1.54) is 5.57 Å². The first-order valence-electron chi connectivity index (χ1n) is 4.64. The molecule has 0 amide bonds. The van der Waals surface area contributed by atoms with Gasteiger partial charge in [-0.1, -0.05) is 11.6 Å². The van der Waals surface area contributed by atoms with Gasteiger partial charge in [0, 0.05) is 6.42 Å². The van der Waals surface area contributed by atoms with Crippen LogP contribution in [0.2, 0.25) is 0 Å². The SMILES string of the molecule is O=CCCCC1=CC(O)CCC1. The van der Waals surface area contributed by atoms with E-state index in [-0.39, 0.29) is 6.10 Å². The van der Waals surface area contributed by atoms with E-state index in [1.807, 2.05) is 6.08 Å². The molecule has 2 heteroatoms. The molecule has 0 radical (unpaired) electrons. The maximum absolute atomic E-state index is 10.0. The molecule has 0 bridgehead atoms. The number of aliphatic hydroxyl groups is 1. The summed E-state index contributed by atoms with van der Waals surface area (Å²) < 4.78 is 0. The average Bonchev–Trinajstić information content (AvgIpc) is 2.05. The highest BCUT2D eigenvalue weighted by molar-refractivity contribution is 5.49. The van der Waals surface area contributed by atoms with Crippen LogP contribution in [0.4, 0.5) is 0 Å². The third-order valence-electron chi connectivity index (χ3n) is 2.25. The Morgan fingerprint density at radius 3 is 3.17 bits per heavy atom. The highest BCUT2D eigenvalue weighted by Gasteiger charge is 2.09. The van der Waals surface area contributed by atoms with Crippen molar-refractivity contribution in [1.82, 2.24) is 0 Å². The molecular weight excluding hydrogens is 152 g/mol. The quantitative estimate of drug-likeness (QED) is 0.395. The molecule has 0 aromatic carbocycles. The molecule has 0 heterocycles. The van der Waals surface area contributed by atoms with Gasteiger partial charge < -0.3 is 9.90 Å². The predicted octanol–water partition coefficient (Wildman–Crippen LogP) is 1.83. The van der Waals surface area contributed by atoms with Crippen molar-refractivity contribution in [3.8, 4) is 0 Å². The van der Waals surface area contributed by atoms with Gasteiger partial charge in [-0.25, -0.2) is 0 Å². The van der Waals surface area contributed by atoms with Crippen LogP contribution in [-0.4, -0.2) is 17.5 Å². The molecule has 12 heavy (non-hydrogen) atoms. The van der Waals surface area contributed by atoms with Gasteiger partial charge in [0.2, 0.25) is 0 Å². The minimum absolute atomic E-state index is 0.231. The van der Waals surface area contributed by atoms with Crippen LogP contribution in [0.25, 0.3) is 0 Å². The van der Waals surface area contributed by atoms with Crippen LogP contribution < -0.4 is 0 Å². The lowest BCUT2D eigenvalue weighted by Gasteiger charge is -2.16. The van der Waals surface area contributed by atoms with Gasteiger partial charge in [-0.3, -0.25) is 0 Å². The molecule has 0 saturated carbocycles. The van der Waals surface area contributed by atoms with Gasteiger partial charge in [-0.05, 0) is 32.1 Å². The van der Waals surface area contributed by atoms with Crippen molar-refractivity contribution in [3.05, 3.63) is 11.6 Å². The normalized spacial score (nSPS) is 23.4. The number of aliphatic hydroxyl groups excluding tert-OH is 1. The topological polar surface area (TPSA) is 37.3 Å². The number of hydrogen-bond acceptors (Lipinski definition) is 2. The standard InChI is InChI=1S/C10H16O2/c11-7-2-1-4-9-5-3-6-10(12)8-9/h7-8,10,12H,1-6H2. The Labute approximate surface area is 73.3 Å². The summed E-state index contributed by atoms with van der Waals surface area (Å²) in [6.45, 7) is 0. The summed E-state index contributed by atoms with van der Waals surface area (Å²) in [7, 11) is 0. The number of aldehydes is 1. The Morgan fingerprint density at radius 2 is 2.50 bits per heavy atom. The van der Waals surface area contributed by atoms with Crippen LogP contribution in [0.3, 0.4) is 0 Å². The Balaban J connectivity index is 2.25. The minimum Gasteiger partial charge on any atom is -0.389 e. The largest absolute Gasteiger partial charge is 0.389 e. The number of carbonyl (C=O) groups excluding carboxylic acids is 1. The first-order chi connectivity index (χ1) is 5.83. The third-order valence-corrected chi connectivity index (χ3v) is 2.25. The molecule has 0 aliphatic heterocycles. The lowest BCUT2D eigenvalue weighted by molar-refractivity contribution is -0.107. The van der Waals surface area contributed by atoms with E-state index in [1.54, 1.807) is 0 Å². The van der Waals surface area contributed by atoms with E-state index >= 15 is 0 Å². The van der Waals surface area contributed by atoms with Crippen molar-refractivity contribution in [1.29, 1.82) is 0 Å². The lowest BCUT2D eigenvalue weighted by atomic mass is 9.94. The van der Waals surface area contributed by atoms with Gasteiger partial charge in [-0.2, -0.15) is 0 Å². The maximum atomic E-state index is 10.0. The van der Waals surface area contributed by atoms with E-state index in [2.05, 4.69) is 0 Å². The van der Waals surface area contributed by atoms with Crippen molar-refractivity contribution in [2.24, 2.45) is 0 Å². The molecule has 0 aromatic heterocycles. The first kappa shape index (κ1) is 9.46. The smallest absolute Gasteiger partial charge is 0.120 e. The van der Waals surface area contributed by atoms with E-state index in [9.17, 15) is 9.90 Å². The summed E-state index contributed by atoms with van der Waals surface area (Å²) in [6.07, 6.45) is 8.34. The second-order valence-corrected chi connectivity index (χ2v) is 3.34. The monoisotopic (exact) mass is 168 g/mol. The molecule has 68 valence electrons. The van der Waals surface area contributed by atoms with Crippen LogP contribution in [0.1, 0.15) is 38.5 Å². The third kappa shape index (κ3) is 3.18. The second kappa shape index (κ2) is 5.09. The van der Waals surface area contributed by atoms with Crippen LogP contribution in [0.5, 0.6) is 0 Å². The lowest BCUT2D eigenvalue weighted by Crippen LogP contribution is -2.08. The molecule has 1 aliphatic carbocycles. The summed E-state index contributed by atoms with van der Waals surface area (Å²) in [6, 6.07) is 0. The Hall–Kier alpha value is -0.630. The fraction of sp³-hybridized carbons (Fsp3) is 0.700. The van der Waals surface area contributed by atoms with Gasteiger partial charge >= 0.3 is 0 Å². The molecule has 0 saturated heterocycles. The predicted molar refractivity (Wildman–Crippen MR) is 47.9 cm³/mol. The first-order valence-corrected chi connectivity index (χ1v) is 4.64. The van der Waals surface area contributed by atoms with Crippen molar-refractivity contribution in [2.45, 2.75) is 44.6 Å². The maximum Gasteiger partial charge on any atom is 0.120 e. The molecule has 1 aliphatic rings. The van der Waals surface area contributed by atoms with Gasteiger partial charge in [0.25, 0.3) is 0 Å². The highest BCUT2D eigenvalue weighted by atomic mass is 16.3. The molecule has 0 aromatic rings. The van der Waals surface area contributed by atoms with Crippen molar-refractivity contribution in [2.75, 3.05) is 0 Å². The number of allylic oxidation sites excluding steroid dienone is 1. The fourth-order valence-corrected chi connectivity index (χ4v) is 1.60. The molecular formula is C10H16O2. The zero-order valence-electron chi connectivity index (χ0n) is 7.33. The molecule has 1 atom stereocenters. The summed E-state index contributed by atoms with van der Waals surface area (Å²) in [4.78, 5) is 10.0. The molecule has 2 nitrogen and oxygen atoms in total. The zero-order valence-corrected chi connectivity index (χ0v) is 7.33. The minimum atomic E-state index is -0.231. The van der Waals surface area contributed by atoms with Crippen LogP contribution in [0.15, 0.2) is 11.6 Å². The summed E-state index contributed by atoms with van der Waals surface area (Å²) >= 11 is 0. The van der Waals surface area contributed by atoms with Gasteiger partial charge in [0.15, 0.2) is 0 Å². The van der Waals surface area contributed by atoms with Gasteiger partial charge in [0.05, 0.1) is 6.10 Å². The molecule has 1 unspecified atom stereocenters. The van der Waals surface area contributed by atoms with Gasteiger partial charge in [0.1, 0.15) is 6.29 Å². The number of carbonyl (C=O) groups is 1. The number of hydrogen-bond donors (Lipinski definition) is 1. The molecule has 1 N–H and O–H groups in total. The van der Waals surface area contributed by atoms with Crippen molar-refractivity contribution >= 4 is 6.29 Å². The van der Waals surface area contributed by atoms with E-state index in [0.29, 0.717) is 6.42 Å². The van der Waals surface area contributed by atoms with Crippen LogP contribution in [-0.2, 0) is 4.79 Å². The summed E-state index contributed by atoms with van der Waals surface area (Å²) in [5.41, 5.74) is 1.33. The molecule has 1 rings (SSSR count). The Kier molecular flexibility index (Phi) is 4.01. The number of rotatable bonds is 4. The molecule has 0 fully saturated rings. The van der Waals surface area contributed by atoms with Crippen LogP contribution >= 0.6 is 0 Å². The summed E-state index contributed by atoms with van der Waals surface area (Å²) in [5, 5.41) is 9.29. The Bertz CT molecular complexity index is 173. The average molecular weight is 168 g/mol. The van der Waals surface area contributed by atoms with Crippen molar-refractivity contribution < 1.29 is 9.90 Å². The fourth-order valence-electron chi connectivity index (χ4n) is 1.60. The van der Waals surface area contributed by atoms with E-state index < -0.39 is 0 Å².